The van der Waals surface area contributed by atoms with Crippen LogP contribution >= 0.6 is 0 Å². The van der Waals surface area contributed by atoms with Crippen molar-refractivity contribution in [1.29, 1.82) is 0 Å². The maximum Gasteiger partial charge on any atom is 0.333 e. The molecule has 2 rings (SSSR count). The van der Waals surface area contributed by atoms with Gasteiger partial charge >= 0.3 is 5.97 Å². The first kappa shape index (κ1) is 23.7. The lowest BCUT2D eigenvalue weighted by Gasteiger charge is -2.29. The van der Waals surface area contributed by atoms with Gasteiger partial charge in [0, 0.05) is 18.1 Å². The zero-order valence-corrected chi connectivity index (χ0v) is 18.5. The molecule has 1 N–H and O–H groups in total. The van der Waals surface area contributed by atoms with E-state index in [1.165, 1.54) is 62.5 Å². The third-order valence-corrected chi connectivity index (χ3v) is 6.41. The van der Waals surface area contributed by atoms with Crippen molar-refractivity contribution >= 4 is 5.97 Å². The minimum absolute atomic E-state index is 0.0269. The van der Waals surface area contributed by atoms with E-state index >= 15 is 0 Å². The second-order valence-electron chi connectivity index (χ2n) is 8.92. The Bertz CT molecular complexity index is 611. The van der Waals surface area contributed by atoms with Gasteiger partial charge in [-0.1, -0.05) is 63.5 Å². The van der Waals surface area contributed by atoms with Crippen LogP contribution in [0.5, 0.6) is 0 Å². The summed E-state index contributed by atoms with van der Waals surface area (Å²) in [5.74, 6) is 1.26. The number of unbranched alkanes of at least 4 members (excludes halogenated alkanes) is 2. The predicted molar refractivity (Wildman–Crippen MR) is 120 cm³/mol. The molecule has 0 aromatic heterocycles. The van der Waals surface area contributed by atoms with Crippen LogP contribution in [0.15, 0.2) is 36.4 Å². The molecule has 3 heteroatoms. The van der Waals surface area contributed by atoms with Crippen LogP contribution < -0.4 is 0 Å². The third kappa shape index (κ3) is 8.34. The van der Waals surface area contributed by atoms with E-state index in [2.05, 4.69) is 37.8 Å². The summed E-state index contributed by atoms with van der Waals surface area (Å²) in [6, 6.07) is 9.06. The van der Waals surface area contributed by atoms with Gasteiger partial charge in [-0.2, -0.15) is 0 Å². The molecule has 0 amide bonds. The van der Waals surface area contributed by atoms with Crippen molar-refractivity contribution in [2.75, 3.05) is 13.2 Å². The summed E-state index contributed by atoms with van der Waals surface area (Å²) in [4.78, 5) is 11.5. The lowest BCUT2D eigenvalue weighted by Crippen LogP contribution is -2.18. The highest BCUT2D eigenvalue weighted by atomic mass is 16.5. The molecule has 0 spiro atoms. The molecule has 1 aromatic rings. The number of benzene rings is 1. The van der Waals surface area contributed by atoms with E-state index in [0.29, 0.717) is 5.57 Å². The SMILES string of the molecule is C=C(C)C(=O)OCC(CO)CCc1ccc(C2CCC(CCCCC)CC2)cc1. The van der Waals surface area contributed by atoms with Crippen molar-refractivity contribution in [1.82, 2.24) is 0 Å². The number of ether oxygens (including phenoxy) is 1. The minimum Gasteiger partial charge on any atom is -0.462 e. The monoisotopic (exact) mass is 400 g/mol. The molecule has 1 aliphatic rings. The van der Waals surface area contributed by atoms with Gasteiger partial charge in [0.25, 0.3) is 0 Å². The molecule has 3 nitrogen and oxygen atoms in total. The van der Waals surface area contributed by atoms with Crippen molar-refractivity contribution in [2.24, 2.45) is 11.8 Å². The lowest BCUT2D eigenvalue weighted by molar-refractivity contribution is -0.140. The number of carbonyl (C=O) groups is 1. The molecule has 1 saturated carbocycles. The molecule has 1 aromatic carbocycles. The minimum atomic E-state index is -0.382. The number of hydrogen-bond acceptors (Lipinski definition) is 3. The van der Waals surface area contributed by atoms with Crippen LogP contribution in [0.3, 0.4) is 0 Å². The molecule has 1 fully saturated rings. The highest BCUT2D eigenvalue weighted by molar-refractivity contribution is 5.86. The molecule has 162 valence electrons. The second-order valence-corrected chi connectivity index (χ2v) is 8.92. The van der Waals surface area contributed by atoms with Gasteiger partial charge in [0.05, 0.1) is 6.61 Å². The Morgan fingerprint density at radius 1 is 1.17 bits per heavy atom. The number of rotatable bonds is 12. The summed E-state index contributed by atoms with van der Waals surface area (Å²) in [6.45, 7) is 7.78. The Kier molecular flexibility index (Phi) is 10.5. The van der Waals surface area contributed by atoms with Gasteiger partial charge < -0.3 is 9.84 Å². The van der Waals surface area contributed by atoms with Crippen LogP contribution in [0.25, 0.3) is 0 Å². The molecule has 0 heterocycles. The van der Waals surface area contributed by atoms with Crippen LogP contribution in [0.1, 0.15) is 88.7 Å². The fourth-order valence-electron chi connectivity index (χ4n) is 4.34. The van der Waals surface area contributed by atoms with Gasteiger partial charge in [-0.3, -0.25) is 0 Å². The average Bonchev–Trinajstić information content (AvgIpc) is 2.74. The highest BCUT2D eigenvalue weighted by Crippen LogP contribution is 2.37. The van der Waals surface area contributed by atoms with Gasteiger partial charge in [0.15, 0.2) is 0 Å². The zero-order chi connectivity index (χ0) is 21.1. The largest absolute Gasteiger partial charge is 0.462 e. The Balaban J connectivity index is 1.74. The van der Waals surface area contributed by atoms with E-state index in [4.69, 9.17) is 4.74 Å². The van der Waals surface area contributed by atoms with E-state index in [9.17, 15) is 9.90 Å². The molecular weight excluding hydrogens is 360 g/mol. The van der Waals surface area contributed by atoms with E-state index in [-0.39, 0.29) is 25.1 Å². The van der Waals surface area contributed by atoms with Crippen LogP contribution in [-0.4, -0.2) is 24.3 Å². The summed E-state index contributed by atoms with van der Waals surface area (Å²) >= 11 is 0. The van der Waals surface area contributed by atoms with Crippen molar-refractivity contribution in [2.45, 2.75) is 84.0 Å². The van der Waals surface area contributed by atoms with Gasteiger partial charge in [0.2, 0.25) is 0 Å². The van der Waals surface area contributed by atoms with Crippen LogP contribution in [0, 0.1) is 11.8 Å². The molecular formula is C26H40O3. The first-order valence-corrected chi connectivity index (χ1v) is 11.6. The Labute approximate surface area is 177 Å². The third-order valence-electron chi connectivity index (χ3n) is 6.41. The van der Waals surface area contributed by atoms with Crippen molar-refractivity contribution in [3.8, 4) is 0 Å². The quantitative estimate of drug-likeness (QED) is 0.258. The number of aliphatic hydroxyl groups is 1. The normalized spacial score (nSPS) is 20.2. The van der Waals surface area contributed by atoms with E-state index in [1.807, 2.05) is 0 Å². The Morgan fingerprint density at radius 3 is 2.45 bits per heavy atom. The summed E-state index contributed by atoms with van der Waals surface area (Å²) in [5, 5.41) is 9.55. The van der Waals surface area contributed by atoms with Gasteiger partial charge in [-0.05, 0) is 68.4 Å². The summed E-state index contributed by atoms with van der Waals surface area (Å²) in [7, 11) is 0. The lowest BCUT2D eigenvalue weighted by atomic mass is 9.77. The Hall–Kier alpha value is -1.61. The Morgan fingerprint density at radius 2 is 1.86 bits per heavy atom. The maximum absolute atomic E-state index is 11.5. The van der Waals surface area contributed by atoms with Gasteiger partial charge in [-0.15, -0.1) is 0 Å². The first-order valence-electron chi connectivity index (χ1n) is 11.6. The number of hydrogen-bond donors (Lipinski definition) is 1. The average molecular weight is 401 g/mol. The molecule has 1 atom stereocenters. The first-order chi connectivity index (χ1) is 14.0. The van der Waals surface area contributed by atoms with E-state index < -0.39 is 0 Å². The summed E-state index contributed by atoms with van der Waals surface area (Å²) in [6.07, 6.45) is 12.7. The number of esters is 1. The van der Waals surface area contributed by atoms with E-state index in [1.54, 1.807) is 6.92 Å². The molecule has 1 aliphatic carbocycles. The molecule has 29 heavy (non-hydrogen) atoms. The summed E-state index contributed by atoms with van der Waals surface area (Å²) in [5.41, 5.74) is 3.16. The molecule has 1 unspecified atom stereocenters. The van der Waals surface area contributed by atoms with Crippen LogP contribution in [-0.2, 0) is 16.0 Å². The number of aliphatic hydroxyl groups excluding tert-OH is 1. The smallest absolute Gasteiger partial charge is 0.333 e. The fourth-order valence-corrected chi connectivity index (χ4v) is 4.34. The van der Waals surface area contributed by atoms with Crippen LogP contribution in [0.2, 0.25) is 0 Å². The second kappa shape index (κ2) is 12.8. The topological polar surface area (TPSA) is 46.5 Å². The van der Waals surface area contributed by atoms with Crippen molar-refractivity contribution in [3.05, 3.63) is 47.5 Å². The highest BCUT2D eigenvalue weighted by Gasteiger charge is 2.22. The zero-order valence-electron chi connectivity index (χ0n) is 18.5. The van der Waals surface area contributed by atoms with E-state index in [0.717, 1.165) is 24.7 Å². The standard InChI is InChI=1S/C26H40O3/c1-4-5-6-7-21-10-14-24(15-11-21)25-16-12-22(13-17-25)8-9-23(18-27)19-29-26(28)20(2)3/h12-13,16-17,21,23-24,27H,2,4-11,14-15,18-19H2,1,3H3. The maximum atomic E-state index is 11.5. The van der Waals surface area contributed by atoms with Crippen molar-refractivity contribution < 1.29 is 14.6 Å². The molecule has 0 saturated heterocycles. The van der Waals surface area contributed by atoms with Gasteiger partial charge in [0.1, 0.15) is 0 Å². The fraction of sp³-hybridized carbons (Fsp3) is 0.654. The van der Waals surface area contributed by atoms with Crippen molar-refractivity contribution in [3.63, 3.8) is 0 Å². The summed E-state index contributed by atoms with van der Waals surface area (Å²) < 4.78 is 5.18. The molecule has 0 radical (unpaired) electrons. The molecule has 0 aliphatic heterocycles. The number of aryl methyl sites for hydroxylation is 1. The molecule has 0 bridgehead atoms. The number of carbonyl (C=O) groups excluding carboxylic acids is 1. The van der Waals surface area contributed by atoms with Crippen LogP contribution in [0.4, 0.5) is 0 Å². The predicted octanol–water partition coefficient (Wildman–Crippen LogP) is 6.20. The van der Waals surface area contributed by atoms with Gasteiger partial charge in [-0.25, -0.2) is 4.79 Å².